The lowest BCUT2D eigenvalue weighted by atomic mass is 9.95. The molecule has 0 aliphatic carbocycles. The van der Waals surface area contributed by atoms with E-state index in [-0.39, 0.29) is 28.9 Å². The number of nitrogens with zero attached hydrogens (tertiary/aromatic N) is 1. The van der Waals surface area contributed by atoms with Crippen LogP contribution in [0, 0.1) is 55.1 Å². The van der Waals surface area contributed by atoms with Crippen molar-refractivity contribution in [2.75, 3.05) is 6.54 Å². The highest BCUT2D eigenvalue weighted by molar-refractivity contribution is 7.32. The van der Waals surface area contributed by atoms with E-state index in [4.69, 9.17) is 0 Å². The van der Waals surface area contributed by atoms with Gasteiger partial charge < -0.3 is 0 Å². The molecule has 1 aliphatic rings. The maximum atomic E-state index is 16.6. The zero-order valence-electron chi connectivity index (χ0n) is 63.3. The summed E-state index contributed by atoms with van der Waals surface area (Å²) in [6.07, 6.45) is 27.2. The Hall–Kier alpha value is -5.00. The summed E-state index contributed by atoms with van der Waals surface area (Å²) in [4.78, 5) is 50.0. The molecule has 5 unspecified atom stereocenters. The molecular formula is C90H105F2NO2S9. The number of benzene rings is 3. The molecule has 0 bridgehead atoms. The van der Waals surface area contributed by atoms with Gasteiger partial charge in [-0.3, -0.25) is 14.5 Å². The zero-order valence-corrected chi connectivity index (χ0v) is 70.7. The van der Waals surface area contributed by atoms with Crippen LogP contribution in [0.5, 0.6) is 0 Å². The second-order valence-electron chi connectivity index (χ2n) is 29.9. The first kappa shape index (κ1) is 77.2. The van der Waals surface area contributed by atoms with Gasteiger partial charge in [-0.1, -0.05) is 191 Å². The van der Waals surface area contributed by atoms with Crippen molar-refractivity contribution in [3.63, 3.8) is 0 Å². The molecule has 9 aromatic heterocycles. The van der Waals surface area contributed by atoms with Gasteiger partial charge >= 0.3 is 0 Å². The number of rotatable bonds is 37. The van der Waals surface area contributed by atoms with E-state index in [9.17, 15) is 0 Å². The van der Waals surface area contributed by atoms with Gasteiger partial charge in [-0.05, 0) is 166 Å². The summed E-state index contributed by atoms with van der Waals surface area (Å²) >= 11 is 16.3. The van der Waals surface area contributed by atoms with Gasteiger partial charge in [0.15, 0.2) is 0 Å². The average Bonchev–Trinajstić information content (AvgIpc) is 1.55. The Bertz CT molecular complexity index is 4760. The van der Waals surface area contributed by atoms with Crippen LogP contribution in [0.3, 0.4) is 0 Å². The van der Waals surface area contributed by atoms with Crippen LogP contribution in [0.1, 0.15) is 248 Å². The number of carbonyl (C=O) groups is 2. The molecule has 5 atom stereocenters. The fourth-order valence-electron chi connectivity index (χ4n) is 16.1. The van der Waals surface area contributed by atoms with E-state index in [2.05, 4.69) is 149 Å². The lowest BCUT2D eigenvalue weighted by Gasteiger charge is -2.21. The number of amides is 2. The minimum atomic E-state index is -0.431. The summed E-state index contributed by atoms with van der Waals surface area (Å²) in [5.41, 5.74) is 6.39. The standard InChI is InChI=1S/C90H105F2NO2S9/c1-13-23-28-54(18-6)43-59-33-37-70(97-59)77-64-42-53(12)96-83(64)78(71-38-34-60(98-71)44-55(19-7)29-24-14-2)66-49-75(102-85(66)77)87-81-82(90(95)93(89(81)94)51-58(22-10)32-27-17-5)88(104-87)76-50-67-80(73-40-36-62(100-73)46-57(21-9)31-26-16-4)84-65(48-74(101-84)63-47-68(91)52(11)41-69(63)92)79(86(67)103-76)72-39-35-61(99-72)45-56(20-8)30-25-15-3/h33-42,47-50,54-58H,13-32,43-46,51H2,1-12H3. The fraction of sp³-hybridized carbons (Fsp3) is 0.467. The highest BCUT2D eigenvalue weighted by Crippen LogP contribution is 2.60. The molecule has 0 saturated carbocycles. The molecule has 13 rings (SSSR count). The molecule has 12 aromatic rings. The van der Waals surface area contributed by atoms with Gasteiger partial charge in [-0.2, -0.15) is 0 Å². The van der Waals surface area contributed by atoms with Crippen molar-refractivity contribution in [1.82, 2.24) is 4.90 Å². The van der Waals surface area contributed by atoms with Crippen LogP contribution in [0.15, 0.2) is 84.9 Å². The van der Waals surface area contributed by atoms with Crippen molar-refractivity contribution in [3.05, 3.63) is 138 Å². The highest BCUT2D eigenvalue weighted by atomic mass is 32.1. The van der Waals surface area contributed by atoms with Gasteiger partial charge in [0.2, 0.25) is 0 Å². The molecule has 104 heavy (non-hydrogen) atoms. The molecule has 1 aliphatic heterocycles. The lowest BCUT2D eigenvalue weighted by molar-refractivity contribution is 0.0624. The first-order chi connectivity index (χ1) is 50.5. The van der Waals surface area contributed by atoms with Crippen LogP contribution in [0.2, 0.25) is 0 Å². The van der Waals surface area contributed by atoms with E-state index in [1.165, 1.54) is 167 Å². The van der Waals surface area contributed by atoms with E-state index in [1.54, 1.807) is 45.8 Å². The molecule has 0 spiro atoms. The second kappa shape index (κ2) is 34.7. The van der Waals surface area contributed by atoms with E-state index in [1.807, 2.05) is 68.0 Å². The van der Waals surface area contributed by atoms with Crippen LogP contribution in [0.25, 0.3) is 112 Å². The number of unbranched alkanes of at least 4 members (excludes halogenated alkanes) is 5. The van der Waals surface area contributed by atoms with Crippen molar-refractivity contribution in [3.8, 4) is 71.7 Å². The van der Waals surface area contributed by atoms with E-state index in [0.29, 0.717) is 46.2 Å². The number of hydrogen-bond acceptors (Lipinski definition) is 11. The average molecular weight is 1560 g/mol. The number of fused-ring (bicyclic) bond motifs is 5. The Balaban J connectivity index is 1.07. The molecule has 10 heterocycles. The molecule has 3 aromatic carbocycles. The van der Waals surface area contributed by atoms with Crippen molar-refractivity contribution in [2.24, 2.45) is 29.6 Å². The van der Waals surface area contributed by atoms with Crippen molar-refractivity contribution in [1.29, 1.82) is 0 Å². The third-order valence-electron chi connectivity index (χ3n) is 22.6. The Kier molecular flexibility index (Phi) is 25.8. The topological polar surface area (TPSA) is 37.4 Å². The maximum Gasteiger partial charge on any atom is 0.263 e. The van der Waals surface area contributed by atoms with Crippen molar-refractivity contribution >= 4 is 154 Å². The quantitative estimate of drug-likeness (QED) is 0.0364. The maximum absolute atomic E-state index is 16.6. The molecule has 2 amide bonds. The van der Waals surface area contributed by atoms with Crippen molar-refractivity contribution in [2.45, 2.75) is 237 Å². The molecule has 550 valence electrons. The summed E-state index contributed by atoms with van der Waals surface area (Å²) in [5.74, 6) is 1.40. The van der Waals surface area contributed by atoms with Gasteiger partial charge in [0.1, 0.15) is 11.6 Å². The van der Waals surface area contributed by atoms with Crippen LogP contribution >= 0.6 is 102 Å². The van der Waals surface area contributed by atoms with Gasteiger partial charge in [0, 0.05) is 133 Å². The minimum absolute atomic E-state index is 0.180. The number of halogens is 2. The van der Waals surface area contributed by atoms with Crippen LogP contribution in [-0.2, 0) is 25.7 Å². The third kappa shape index (κ3) is 15.9. The van der Waals surface area contributed by atoms with Crippen molar-refractivity contribution < 1.29 is 18.4 Å². The van der Waals surface area contributed by atoms with Gasteiger partial charge in [-0.15, -0.1) is 102 Å². The minimum Gasteiger partial charge on any atom is -0.274 e. The number of hydrogen-bond donors (Lipinski definition) is 0. The number of carbonyl (C=O) groups excluding carboxylic acids is 2. The largest absolute Gasteiger partial charge is 0.274 e. The smallest absolute Gasteiger partial charge is 0.263 e. The lowest BCUT2D eigenvalue weighted by Crippen LogP contribution is -2.34. The second-order valence-corrected chi connectivity index (χ2v) is 40.0. The highest BCUT2D eigenvalue weighted by Gasteiger charge is 2.44. The zero-order chi connectivity index (χ0) is 73.0. The SMILES string of the molecule is CCCCC(CC)Cc1ccc(-c2c3cc(-c4sc(-c5cc6c(-c7ccc(CC(CC)CCCC)s7)c7sc(-c8cc(F)c(C)cc8F)cc7c(-c7ccc(CC(CC)CCCC)s7)c6s5)c5c4C(=O)N(CC(CC)CCCC)C5=O)sc3c(-c3ccc(CC(CC)CCCC)s3)c3cc(C)sc23)s1. The number of thiophene rings is 9. The summed E-state index contributed by atoms with van der Waals surface area (Å²) in [6.45, 7) is 27.2. The first-order valence-corrected chi connectivity index (χ1v) is 46.8. The summed E-state index contributed by atoms with van der Waals surface area (Å²) < 4.78 is 37.1. The van der Waals surface area contributed by atoms with E-state index in [0.717, 1.165) is 125 Å². The van der Waals surface area contributed by atoms with Gasteiger partial charge in [-0.25, -0.2) is 8.78 Å². The van der Waals surface area contributed by atoms with Crippen LogP contribution < -0.4 is 0 Å². The number of aryl methyl sites for hydroxylation is 2. The van der Waals surface area contributed by atoms with E-state index >= 15 is 18.4 Å². The normalized spacial score (nSPS) is 14.3. The Morgan fingerprint density at radius 2 is 0.663 bits per heavy atom. The Morgan fingerprint density at radius 3 is 1.02 bits per heavy atom. The monoisotopic (exact) mass is 1560 g/mol. The Morgan fingerprint density at radius 1 is 0.337 bits per heavy atom. The fourth-order valence-corrected chi connectivity index (χ4v) is 27.5. The molecule has 0 N–H and O–H groups in total. The summed E-state index contributed by atoms with van der Waals surface area (Å²) in [5, 5.41) is 4.62. The summed E-state index contributed by atoms with van der Waals surface area (Å²) in [6, 6.07) is 31.0. The predicted molar refractivity (Wildman–Crippen MR) is 462 cm³/mol. The molecule has 0 fully saturated rings. The third-order valence-corrected chi connectivity index (χ3v) is 33.2. The van der Waals surface area contributed by atoms with Gasteiger partial charge in [0.25, 0.3) is 11.8 Å². The summed E-state index contributed by atoms with van der Waals surface area (Å²) in [7, 11) is 0. The predicted octanol–water partition coefficient (Wildman–Crippen LogP) is 32.3. The molecular weight excluding hydrogens is 1450 g/mol. The molecule has 0 radical (unpaired) electrons. The van der Waals surface area contributed by atoms with Crippen LogP contribution in [0.4, 0.5) is 8.78 Å². The molecule has 0 saturated heterocycles. The van der Waals surface area contributed by atoms with E-state index < -0.39 is 11.6 Å². The van der Waals surface area contributed by atoms with Gasteiger partial charge in [0.05, 0.1) is 20.9 Å². The van der Waals surface area contributed by atoms with Crippen LogP contribution in [-0.4, -0.2) is 23.3 Å². The molecule has 14 heteroatoms. The number of imide groups is 1. The Labute approximate surface area is 654 Å². The molecule has 3 nitrogen and oxygen atoms in total. The first-order valence-electron chi connectivity index (χ1n) is 39.4.